The highest BCUT2D eigenvalue weighted by molar-refractivity contribution is 7.92. The Kier molecular flexibility index (Phi) is 6.87. The third-order valence-electron chi connectivity index (χ3n) is 4.61. The van der Waals surface area contributed by atoms with Gasteiger partial charge >= 0.3 is 0 Å². The molecule has 0 aliphatic heterocycles. The van der Waals surface area contributed by atoms with Crippen LogP contribution in [0.5, 0.6) is 11.5 Å². The highest BCUT2D eigenvalue weighted by Gasteiger charge is 2.30. The fourth-order valence-electron chi connectivity index (χ4n) is 3.11. The largest absolute Gasteiger partial charge is 0.455 e. The molecule has 0 aromatic heterocycles. The number of ether oxygens (including phenoxy) is 1. The molecule has 0 aliphatic carbocycles. The Balaban J connectivity index is 1.89. The molecule has 3 aromatic rings. The summed E-state index contributed by atoms with van der Waals surface area (Å²) in [5, 5.41) is 3.16. The van der Waals surface area contributed by atoms with E-state index < -0.39 is 22.0 Å². The van der Waals surface area contributed by atoms with Crippen LogP contribution in [0, 0.1) is 6.92 Å². The Labute approximate surface area is 187 Å². The minimum Gasteiger partial charge on any atom is -0.455 e. The van der Waals surface area contributed by atoms with Crippen molar-refractivity contribution in [3.63, 3.8) is 0 Å². The van der Waals surface area contributed by atoms with Gasteiger partial charge in [-0.2, -0.15) is 0 Å². The molecule has 162 valence electrons. The lowest BCUT2D eigenvalue weighted by molar-refractivity contribution is -0.116. The maximum Gasteiger partial charge on any atom is 0.248 e. The maximum atomic E-state index is 13.1. The lowest BCUT2D eigenvalue weighted by atomic mass is 10.1. The molecule has 0 saturated heterocycles. The first-order chi connectivity index (χ1) is 14.7. The molecule has 6 nitrogen and oxygen atoms in total. The zero-order chi connectivity index (χ0) is 22.6. The number of para-hydroxylation sites is 3. The molecule has 1 atom stereocenters. The van der Waals surface area contributed by atoms with Gasteiger partial charge in [0.25, 0.3) is 0 Å². The smallest absolute Gasteiger partial charge is 0.248 e. The van der Waals surface area contributed by atoms with E-state index in [0.29, 0.717) is 33.5 Å². The molecule has 0 heterocycles. The van der Waals surface area contributed by atoms with Crippen molar-refractivity contribution >= 4 is 38.9 Å². The normalized spacial score (nSPS) is 12.1. The van der Waals surface area contributed by atoms with E-state index in [1.807, 2.05) is 18.2 Å². The highest BCUT2D eigenvalue weighted by atomic mass is 35.5. The van der Waals surface area contributed by atoms with E-state index >= 15 is 0 Å². The van der Waals surface area contributed by atoms with E-state index in [2.05, 4.69) is 5.32 Å². The van der Waals surface area contributed by atoms with Gasteiger partial charge in [0.15, 0.2) is 5.75 Å². The molecule has 0 fully saturated rings. The van der Waals surface area contributed by atoms with Crippen molar-refractivity contribution in [2.45, 2.75) is 19.9 Å². The molecule has 8 heteroatoms. The Morgan fingerprint density at radius 3 is 2.35 bits per heavy atom. The number of halogens is 1. The quantitative estimate of drug-likeness (QED) is 0.525. The van der Waals surface area contributed by atoms with E-state index in [9.17, 15) is 13.2 Å². The third-order valence-corrected chi connectivity index (χ3v) is 6.08. The van der Waals surface area contributed by atoms with Crippen LogP contribution in [0.3, 0.4) is 0 Å². The van der Waals surface area contributed by atoms with Gasteiger partial charge < -0.3 is 10.1 Å². The fourth-order valence-corrected chi connectivity index (χ4v) is 4.50. The van der Waals surface area contributed by atoms with Crippen LogP contribution in [-0.4, -0.2) is 26.6 Å². The number of nitrogens with one attached hydrogen (secondary N) is 1. The second-order valence-electron chi connectivity index (χ2n) is 7.07. The third kappa shape index (κ3) is 5.57. The number of aryl methyl sites for hydroxylation is 1. The highest BCUT2D eigenvalue weighted by Crippen LogP contribution is 2.31. The predicted octanol–water partition coefficient (Wildman–Crippen LogP) is 5.23. The van der Waals surface area contributed by atoms with E-state index in [1.54, 1.807) is 55.5 Å². The summed E-state index contributed by atoms with van der Waals surface area (Å²) in [5.41, 5.74) is 1.47. The molecule has 0 spiro atoms. The van der Waals surface area contributed by atoms with Gasteiger partial charge in [-0.3, -0.25) is 9.10 Å². The standard InChI is InChI=1S/C23H23ClN2O4S/c1-16-13-14-18(24)15-21(16)26(31(3,28)29)17(2)23(27)25-20-11-7-8-12-22(20)30-19-9-5-4-6-10-19/h4-15,17H,1-3H3,(H,25,27). The lowest BCUT2D eigenvalue weighted by Crippen LogP contribution is -2.45. The summed E-state index contributed by atoms with van der Waals surface area (Å²) in [7, 11) is -3.77. The van der Waals surface area contributed by atoms with Crippen LogP contribution in [0.4, 0.5) is 11.4 Å². The molecule has 1 amide bonds. The number of carbonyl (C=O) groups is 1. The summed E-state index contributed by atoms with van der Waals surface area (Å²) in [6.07, 6.45) is 1.06. The van der Waals surface area contributed by atoms with Gasteiger partial charge in [-0.25, -0.2) is 8.42 Å². The molecule has 0 aliphatic rings. The Morgan fingerprint density at radius 1 is 1.03 bits per heavy atom. The molecule has 31 heavy (non-hydrogen) atoms. The predicted molar refractivity (Wildman–Crippen MR) is 125 cm³/mol. The minimum atomic E-state index is -3.77. The van der Waals surface area contributed by atoms with Gasteiger partial charge in [-0.05, 0) is 55.8 Å². The summed E-state index contributed by atoms with van der Waals surface area (Å²) in [5.74, 6) is 0.553. The van der Waals surface area contributed by atoms with E-state index in [-0.39, 0.29) is 0 Å². The van der Waals surface area contributed by atoms with E-state index in [4.69, 9.17) is 16.3 Å². The van der Waals surface area contributed by atoms with E-state index in [1.165, 1.54) is 13.0 Å². The summed E-state index contributed by atoms with van der Waals surface area (Å²) >= 11 is 6.08. The molecule has 1 unspecified atom stereocenters. The summed E-state index contributed by atoms with van der Waals surface area (Å²) < 4.78 is 32.1. The van der Waals surface area contributed by atoms with Crippen LogP contribution in [-0.2, 0) is 14.8 Å². The summed E-state index contributed by atoms with van der Waals surface area (Å²) in [6, 6.07) is 20.0. The Hall–Kier alpha value is -3.03. The lowest BCUT2D eigenvalue weighted by Gasteiger charge is -2.29. The number of amides is 1. The van der Waals surface area contributed by atoms with Crippen LogP contribution in [0.1, 0.15) is 12.5 Å². The van der Waals surface area contributed by atoms with Crippen molar-refractivity contribution in [2.24, 2.45) is 0 Å². The van der Waals surface area contributed by atoms with Crippen molar-refractivity contribution in [2.75, 3.05) is 15.9 Å². The van der Waals surface area contributed by atoms with Gasteiger partial charge in [0, 0.05) is 5.02 Å². The van der Waals surface area contributed by atoms with Gasteiger partial charge in [0.1, 0.15) is 11.8 Å². The zero-order valence-corrected chi connectivity index (χ0v) is 18.9. The van der Waals surface area contributed by atoms with Gasteiger partial charge in [0.2, 0.25) is 15.9 Å². The minimum absolute atomic E-state index is 0.353. The Morgan fingerprint density at radius 2 is 1.68 bits per heavy atom. The first kappa shape index (κ1) is 22.7. The molecule has 3 rings (SSSR count). The molecule has 0 saturated carbocycles. The first-order valence-electron chi connectivity index (χ1n) is 9.55. The summed E-state index contributed by atoms with van der Waals surface area (Å²) in [6.45, 7) is 3.29. The molecule has 1 N–H and O–H groups in total. The second kappa shape index (κ2) is 9.41. The summed E-state index contributed by atoms with van der Waals surface area (Å²) in [4.78, 5) is 13.1. The van der Waals surface area contributed by atoms with Crippen LogP contribution in [0.15, 0.2) is 72.8 Å². The fraction of sp³-hybridized carbons (Fsp3) is 0.174. The van der Waals surface area contributed by atoms with Crippen molar-refractivity contribution < 1.29 is 17.9 Å². The van der Waals surface area contributed by atoms with Crippen LogP contribution in [0.25, 0.3) is 0 Å². The molecular weight excluding hydrogens is 436 g/mol. The second-order valence-corrected chi connectivity index (χ2v) is 9.36. The van der Waals surface area contributed by atoms with Crippen molar-refractivity contribution in [1.82, 2.24) is 0 Å². The van der Waals surface area contributed by atoms with Crippen LogP contribution in [0.2, 0.25) is 5.02 Å². The van der Waals surface area contributed by atoms with Crippen molar-refractivity contribution in [3.05, 3.63) is 83.4 Å². The number of nitrogens with zero attached hydrogens (tertiary/aromatic N) is 1. The molecule has 3 aromatic carbocycles. The number of rotatable bonds is 7. The van der Waals surface area contributed by atoms with Gasteiger partial charge in [-0.1, -0.05) is 48.0 Å². The van der Waals surface area contributed by atoms with E-state index in [0.717, 1.165) is 10.6 Å². The van der Waals surface area contributed by atoms with Gasteiger partial charge in [0.05, 0.1) is 17.6 Å². The van der Waals surface area contributed by atoms with Crippen molar-refractivity contribution in [1.29, 1.82) is 0 Å². The number of hydrogen-bond donors (Lipinski definition) is 1. The SMILES string of the molecule is Cc1ccc(Cl)cc1N(C(C)C(=O)Nc1ccccc1Oc1ccccc1)S(C)(=O)=O. The van der Waals surface area contributed by atoms with Crippen LogP contribution < -0.4 is 14.4 Å². The number of carbonyl (C=O) groups excluding carboxylic acids is 1. The zero-order valence-electron chi connectivity index (χ0n) is 17.4. The average molecular weight is 459 g/mol. The number of sulfonamides is 1. The Bertz CT molecular complexity index is 1180. The van der Waals surface area contributed by atoms with Gasteiger partial charge in [-0.15, -0.1) is 0 Å². The number of hydrogen-bond acceptors (Lipinski definition) is 4. The topological polar surface area (TPSA) is 75.7 Å². The molecule has 0 radical (unpaired) electrons. The molecule has 0 bridgehead atoms. The first-order valence-corrected chi connectivity index (χ1v) is 11.8. The monoisotopic (exact) mass is 458 g/mol. The molecular formula is C23H23ClN2O4S. The number of benzene rings is 3. The maximum absolute atomic E-state index is 13.1. The average Bonchev–Trinajstić information content (AvgIpc) is 2.72. The van der Waals surface area contributed by atoms with Crippen molar-refractivity contribution in [3.8, 4) is 11.5 Å². The van der Waals surface area contributed by atoms with Crippen LogP contribution >= 0.6 is 11.6 Å². The number of anilines is 2.